The third-order valence-corrected chi connectivity index (χ3v) is 5.74. The van der Waals surface area contributed by atoms with Crippen molar-refractivity contribution in [2.45, 2.75) is 89.8 Å². The molecule has 0 aromatic carbocycles. The Balaban J connectivity index is 2.27. The maximum absolute atomic E-state index is 10.7. The average molecular weight is 367 g/mol. The third-order valence-electron chi connectivity index (χ3n) is 5.74. The Kier molecular flexibility index (Phi) is 10.8. The molecule has 4 heteroatoms. The number of allylic oxidation sites excluding steroid dienone is 3. The van der Waals surface area contributed by atoms with Gasteiger partial charge in [-0.3, -0.25) is 0 Å². The fraction of sp³-hybridized carbons (Fsp3) is 0.773. The first-order valence-corrected chi connectivity index (χ1v) is 10.4. The van der Waals surface area contributed by atoms with Crippen LogP contribution in [0.4, 0.5) is 0 Å². The molecule has 1 saturated carbocycles. The number of aliphatic carboxylic acids is 1. The minimum atomic E-state index is -2.57. The monoisotopic (exact) mass is 366 g/mol. The fourth-order valence-corrected chi connectivity index (χ4v) is 3.97. The van der Waals surface area contributed by atoms with Crippen LogP contribution in [0.3, 0.4) is 0 Å². The van der Waals surface area contributed by atoms with Gasteiger partial charge in [0.15, 0.2) is 0 Å². The third kappa shape index (κ3) is 8.50. The number of hydrogen-bond donors (Lipinski definition) is 3. The Bertz CT molecular complexity index is 441. The van der Waals surface area contributed by atoms with Crippen LogP contribution >= 0.6 is 0 Å². The molecular formula is C22H38O4. The normalized spacial score (nSPS) is 22.0. The number of hydrogen-bond acceptors (Lipinski definition) is 3. The molecule has 0 unspecified atom stereocenters. The Morgan fingerprint density at radius 2 is 2.00 bits per heavy atom. The molecule has 3 N–H and O–H groups in total. The van der Waals surface area contributed by atoms with Crippen LogP contribution in [0.2, 0.25) is 0 Å². The quantitative estimate of drug-likeness (QED) is 0.228. The second kappa shape index (κ2) is 12.3. The van der Waals surface area contributed by atoms with E-state index in [2.05, 4.69) is 31.7 Å². The molecule has 0 saturated heterocycles. The second-order valence-corrected chi connectivity index (χ2v) is 7.88. The van der Waals surface area contributed by atoms with E-state index in [0.29, 0.717) is 18.3 Å². The van der Waals surface area contributed by atoms with Crippen LogP contribution in [0.15, 0.2) is 24.8 Å². The van der Waals surface area contributed by atoms with E-state index < -0.39 is 11.8 Å². The molecule has 0 radical (unpaired) electrons. The van der Waals surface area contributed by atoms with Crippen LogP contribution < -0.4 is 0 Å². The van der Waals surface area contributed by atoms with E-state index >= 15 is 0 Å². The van der Waals surface area contributed by atoms with Gasteiger partial charge in [0.05, 0.1) is 0 Å². The SMILES string of the molecule is C=C[C@@H](CC=C[C@H]1CCC[C@@H]1CCCCCC(O)(O)C(=O)O)CCCC. The summed E-state index contributed by atoms with van der Waals surface area (Å²) in [6.45, 7) is 6.18. The number of unbranched alkanes of at least 4 members (excludes halogenated alkanes) is 3. The smallest absolute Gasteiger partial charge is 0.364 e. The van der Waals surface area contributed by atoms with Crippen molar-refractivity contribution in [3.63, 3.8) is 0 Å². The maximum atomic E-state index is 10.7. The zero-order chi connectivity index (χ0) is 19.4. The minimum Gasteiger partial charge on any atom is -0.477 e. The summed E-state index contributed by atoms with van der Waals surface area (Å²) in [7, 11) is 0. The Labute approximate surface area is 159 Å². The summed E-state index contributed by atoms with van der Waals surface area (Å²) in [6.07, 6.45) is 19.0. The molecule has 1 rings (SSSR count). The lowest BCUT2D eigenvalue weighted by atomic mass is 9.89. The van der Waals surface area contributed by atoms with Gasteiger partial charge in [0, 0.05) is 6.42 Å². The van der Waals surface area contributed by atoms with E-state index in [1.165, 1.54) is 38.5 Å². The molecule has 0 spiro atoms. The van der Waals surface area contributed by atoms with Crippen molar-refractivity contribution in [3.05, 3.63) is 24.8 Å². The molecular weight excluding hydrogens is 328 g/mol. The highest BCUT2D eigenvalue weighted by Crippen LogP contribution is 2.36. The zero-order valence-corrected chi connectivity index (χ0v) is 16.4. The largest absolute Gasteiger partial charge is 0.477 e. The topological polar surface area (TPSA) is 77.8 Å². The molecule has 4 nitrogen and oxygen atoms in total. The summed E-state index contributed by atoms with van der Waals surface area (Å²) in [6, 6.07) is 0. The van der Waals surface area contributed by atoms with Gasteiger partial charge in [-0.05, 0) is 56.3 Å². The van der Waals surface area contributed by atoms with Crippen LogP contribution in [0.1, 0.15) is 84.0 Å². The number of carboxylic acid groups (broad SMARTS) is 1. The molecule has 1 fully saturated rings. The van der Waals surface area contributed by atoms with Crippen molar-refractivity contribution in [2.75, 3.05) is 0 Å². The summed E-state index contributed by atoms with van der Waals surface area (Å²) in [5.74, 6) is -2.15. The lowest BCUT2D eigenvalue weighted by Crippen LogP contribution is -2.37. The Morgan fingerprint density at radius 1 is 1.23 bits per heavy atom. The molecule has 1 aliphatic rings. The highest BCUT2D eigenvalue weighted by molar-refractivity contribution is 5.74. The predicted molar refractivity (Wildman–Crippen MR) is 106 cm³/mol. The molecule has 0 aromatic rings. The summed E-state index contributed by atoms with van der Waals surface area (Å²) >= 11 is 0. The van der Waals surface area contributed by atoms with E-state index in [1.807, 2.05) is 0 Å². The van der Waals surface area contributed by atoms with E-state index in [9.17, 15) is 15.0 Å². The van der Waals surface area contributed by atoms with Gasteiger partial charge in [0.2, 0.25) is 0 Å². The summed E-state index contributed by atoms with van der Waals surface area (Å²) in [5.41, 5.74) is 0. The maximum Gasteiger partial charge on any atom is 0.364 e. The van der Waals surface area contributed by atoms with Crippen molar-refractivity contribution in [1.82, 2.24) is 0 Å². The number of carboxylic acids is 1. The summed E-state index contributed by atoms with van der Waals surface area (Å²) in [4.78, 5) is 10.7. The van der Waals surface area contributed by atoms with E-state index in [1.54, 1.807) is 0 Å². The van der Waals surface area contributed by atoms with Crippen molar-refractivity contribution in [2.24, 2.45) is 17.8 Å². The standard InChI is InChI=1S/C22H38O4/c1-3-5-11-18(4-2)12-9-14-20-16-10-15-19(20)13-7-6-8-17-22(25,26)21(23)24/h4,9,14,18-20,25-26H,2-3,5-8,10-13,15-17H2,1H3,(H,23,24)/t18-,19+,20+/m1/s1. The van der Waals surface area contributed by atoms with Crippen molar-refractivity contribution >= 4 is 5.97 Å². The van der Waals surface area contributed by atoms with Gasteiger partial charge in [-0.2, -0.15) is 0 Å². The molecule has 0 aromatic heterocycles. The summed E-state index contributed by atoms with van der Waals surface area (Å²) < 4.78 is 0. The van der Waals surface area contributed by atoms with Gasteiger partial charge >= 0.3 is 5.97 Å². The first-order chi connectivity index (χ1) is 12.4. The van der Waals surface area contributed by atoms with Crippen LogP contribution in [0.25, 0.3) is 0 Å². The van der Waals surface area contributed by atoms with E-state index in [4.69, 9.17) is 5.11 Å². The van der Waals surface area contributed by atoms with Crippen molar-refractivity contribution < 1.29 is 20.1 Å². The first-order valence-electron chi connectivity index (χ1n) is 10.4. The van der Waals surface area contributed by atoms with Crippen LogP contribution in [-0.4, -0.2) is 27.1 Å². The highest BCUT2D eigenvalue weighted by atomic mass is 16.5. The molecule has 0 heterocycles. The van der Waals surface area contributed by atoms with Crippen molar-refractivity contribution in [1.29, 1.82) is 0 Å². The minimum absolute atomic E-state index is 0.100. The van der Waals surface area contributed by atoms with Gasteiger partial charge in [0.25, 0.3) is 5.79 Å². The fourth-order valence-electron chi connectivity index (χ4n) is 3.97. The summed E-state index contributed by atoms with van der Waals surface area (Å²) in [5, 5.41) is 27.3. The highest BCUT2D eigenvalue weighted by Gasteiger charge is 2.32. The van der Waals surface area contributed by atoms with Gasteiger partial charge in [-0.1, -0.05) is 57.3 Å². The lowest BCUT2D eigenvalue weighted by Gasteiger charge is -2.18. The van der Waals surface area contributed by atoms with Crippen molar-refractivity contribution in [3.8, 4) is 0 Å². The predicted octanol–water partition coefficient (Wildman–Crippen LogP) is 5.06. The second-order valence-electron chi connectivity index (χ2n) is 7.88. The van der Waals surface area contributed by atoms with Gasteiger partial charge in [0.1, 0.15) is 0 Å². The van der Waals surface area contributed by atoms with E-state index in [-0.39, 0.29) is 6.42 Å². The lowest BCUT2D eigenvalue weighted by molar-refractivity contribution is -0.205. The van der Waals surface area contributed by atoms with Crippen LogP contribution in [0.5, 0.6) is 0 Å². The average Bonchev–Trinajstić information content (AvgIpc) is 3.04. The van der Waals surface area contributed by atoms with Gasteiger partial charge < -0.3 is 15.3 Å². The number of rotatable bonds is 14. The molecule has 0 aliphatic heterocycles. The molecule has 150 valence electrons. The van der Waals surface area contributed by atoms with Crippen LogP contribution in [0, 0.1) is 17.8 Å². The molecule has 0 bridgehead atoms. The first kappa shape index (κ1) is 22.9. The van der Waals surface area contributed by atoms with Gasteiger partial charge in [-0.25, -0.2) is 4.79 Å². The molecule has 26 heavy (non-hydrogen) atoms. The van der Waals surface area contributed by atoms with Gasteiger partial charge in [-0.15, -0.1) is 6.58 Å². The number of aliphatic hydroxyl groups is 2. The Hall–Kier alpha value is -1.13. The molecule has 0 amide bonds. The zero-order valence-electron chi connectivity index (χ0n) is 16.4. The molecule has 1 aliphatic carbocycles. The molecule has 3 atom stereocenters. The van der Waals surface area contributed by atoms with E-state index in [0.717, 1.165) is 31.6 Å². The number of carbonyl (C=O) groups is 1. The Morgan fingerprint density at radius 3 is 2.65 bits per heavy atom. The van der Waals surface area contributed by atoms with Crippen LogP contribution in [-0.2, 0) is 4.79 Å².